The Balaban J connectivity index is 2.11. The Morgan fingerprint density at radius 3 is 2.61 bits per heavy atom. The number of hydrogen-bond donors (Lipinski definition) is 0. The molecule has 0 atom stereocenters. The van der Waals surface area contributed by atoms with Crippen LogP contribution in [0, 0.1) is 0 Å². The lowest BCUT2D eigenvalue weighted by Gasteiger charge is -2.31. The molecule has 0 saturated carbocycles. The second kappa shape index (κ2) is 6.86. The summed E-state index contributed by atoms with van der Waals surface area (Å²) in [6.45, 7) is 6.75. The highest BCUT2D eigenvalue weighted by Gasteiger charge is 2.25. The average molecular weight is 317 g/mol. The van der Waals surface area contributed by atoms with E-state index in [2.05, 4.69) is 4.74 Å². The smallest absolute Gasteiger partial charge is 0.410 e. The fourth-order valence-electron chi connectivity index (χ4n) is 2.40. The first-order valence-electron chi connectivity index (χ1n) is 7.64. The Morgan fingerprint density at radius 1 is 1.22 bits per heavy atom. The lowest BCUT2D eigenvalue weighted by atomic mass is 9.97. The zero-order valence-corrected chi connectivity index (χ0v) is 14.1. The van der Waals surface area contributed by atoms with Gasteiger partial charge in [-0.05, 0) is 56.0 Å². The molecule has 0 aromatic heterocycles. The number of methoxy groups -OCH3 is 1. The van der Waals surface area contributed by atoms with Crippen LogP contribution >= 0.6 is 0 Å². The standard InChI is InChI=1S/C18H23NO4/c1-18(2,3)23-17(21)19-10-9-14-7-5-13(11-15(14)12-19)6-8-16(20)22-4/h5-8,11H,9-10,12H2,1-4H3. The van der Waals surface area contributed by atoms with Crippen LogP contribution in [0.5, 0.6) is 0 Å². The summed E-state index contributed by atoms with van der Waals surface area (Å²) in [6, 6.07) is 5.99. The summed E-state index contributed by atoms with van der Waals surface area (Å²) in [7, 11) is 1.35. The third-order valence-electron chi connectivity index (χ3n) is 3.51. The number of amides is 1. The molecule has 5 nitrogen and oxygen atoms in total. The van der Waals surface area contributed by atoms with Crippen molar-refractivity contribution in [1.29, 1.82) is 0 Å². The molecule has 1 aromatic carbocycles. The van der Waals surface area contributed by atoms with Gasteiger partial charge in [0, 0.05) is 19.2 Å². The molecule has 0 spiro atoms. The van der Waals surface area contributed by atoms with Crippen molar-refractivity contribution in [3.63, 3.8) is 0 Å². The largest absolute Gasteiger partial charge is 0.466 e. The van der Waals surface area contributed by atoms with E-state index in [1.807, 2.05) is 39.0 Å². The van der Waals surface area contributed by atoms with Gasteiger partial charge < -0.3 is 14.4 Å². The van der Waals surface area contributed by atoms with Gasteiger partial charge in [-0.3, -0.25) is 0 Å². The zero-order chi connectivity index (χ0) is 17.0. The maximum Gasteiger partial charge on any atom is 0.410 e. The molecule has 0 radical (unpaired) electrons. The van der Waals surface area contributed by atoms with Crippen molar-refractivity contribution >= 4 is 18.1 Å². The summed E-state index contributed by atoms with van der Waals surface area (Å²) in [5.74, 6) is -0.391. The van der Waals surface area contributed by atoms with Crippen LogP contribution in [-0.2, 0) is 27.2 Å². The van der Waals surface area contributed by atoms with Gasteiger partial charge >= 0.3 is 12.1 Å². The molecule has 0 aliphatic carbocycles. The molecule has 124 valence electrons. The third kappa shape index (κ3) is 4.84. The van der Waals surface area contributed by atoms with Crippen molar-refractivity contribution in [3.8, 4) is 0 Å². The van der Waals surface area contributed by atoms with Crippen molar-refractivity contribution in [2.24, 2.45) is 0 Å². The van der Waals surface area contributed by atoms with Gasteiger partial charge in [-0.25, -0.2) is 9.59 Å². The number of benzene rings is 1. The van der Waals surface area contributed by atoms with Gasteiger partial charge in [-0.15, -0.1) is 0 Å². The predicted molar refractivity (Wildman–Crippen MR) is 87.8 cm³/mol. The first-order valence-corrected chi connectivity index (χ1v) is 7.64. The molecular weight excluding hydrogens is 294 g/mol. The van der Waals surface area contributed by atoms with Gasteiger partial charge in [0.25, 0.3) is 0 Å². The number of nitrogens with zero attached hydrogens (tertiary/aromatic N) is 1. The topological polar surface area (TPSA) is 55.8 Å². The maximum atomic E-state index is 12.2. The number of carbonyl (C=O) groups is 2. The van der Waals surface area contributed by atoms with E-state index in [0.717, 1.165) is 17.5 Å². The van der Waals surface area contributed by atoms with E-state index in [1.165, 1.54) is 18.7 Å². The van der Waals surface area contributed by atoms with E-state index in [0.29, 0.717) is 13.1 Å². The number of ether oxygens (including phenoxy) is 2. The van der Waals surface area contributed by atoms with Crippen LogP contribution in [0.2, 0.25) is 0 Å². The molecule has 23 heavy (non-hydrogen) atoms. The Morgan fingerprint density at radius 2 is 1.96 bits per heavy atom. The second-order valence-electron chi connectivity index (χ2n) is 6.54. The number of esters is 1. The second-order valence-corrected chi connectivity index (χ2v) is 6.54. The van der Waals surface area contributed by atoms with Gasteiger partial charge in [-0.1, -0.05) is 12.1 Å². The van der Waals surface area contributed by atoms with Crippen LogP contribution in [0.1, 0.15) is 37.5 Å². The Bertz CT molecular complexity index is 628. The summed E-state index contributed by atoms with van der Waals surface area (Å²) in [6.07, 6.45) is 3.60. The Hall–Kier alpha value is -2.30. The van der Waals surface area contributed by atoms with Gasteiger partial charge in [-0.2, -0.15) is 0 Å². The highest BCUT2D eigenvalue weighted by atomic mass is 16.6. The number of hydrogen-bond acceptors (Lipinski definition) is 4. The molecule has 0 unspecified atom stereocenters. The molecule has 1 aliphatic rings. The molecule has 5 heteroatoms. The fraction of sp³-hybridized carbons (Fsp3) is 0.444. The highest BCUT2D eigenvalue weighted by Crippen LogP contribution is 2.22. The van der Waals surface area contributed by atoms with Gasteiger partial charge in [0.05, 0.1) is 7.11 Å². The van der Waals surface area contributed by atoms with Crippen LogP contribution in [-0.4, -0.2) is 36.2 Å². The molecule has 1 aromatic rings. The first-order chi connectivity index (χ1) is 10.8. The normalized spacial score (nSPS) is 14.5. The quantitative estimate of drug-likeness (QED) is 0.621. The molecule has 0 N–H and O–H groups in total. The molecule has 0 saturated heterocycles. The van der Waals surface area contributed by atoms with Crippen LogP contribution in [0.25, 0.3) is 6.08 Å². The molecule has 0 fully saturated rings. The first kappa shape index (κ1) is 17.1. The van der Waals surface area contributed by atoms with E-state index < -0.39 is 11.6 Å². The minimum Gasteiger partial charge on any atom is -0.466 e. The van der Waals surface area contributed by atoms with Crippen molar-refractivity contribution in [2.75, 3.05) is 13.7 Å². The lowest BCUT2D eigenvalue weighted by molar-refractivity contribution is -0.134. The van der Waals surface area contributed by atoms with E-state index in [9.17, 15) is 9.59 Å². The van der Waals surface area contributed by atoms with Crippen molar-refractivity contribution in [3.05, 3.63) is 41.0 Å². The minimum absolute atomic E-state index is 0.293. The highest BCUT2D eigenvalue weighted by molar-refractivity contribution is 5.87. The average Bonchev–Trinajstić information content (AvgIpc) is 2.50. The van der Waals surface area contributed by atoms with Gasteiger partial charge in [0.2, 0.25) is 0 Å². The van der Waals surface area contributed by atoms with Crippen molar-refractivity contribution in [2.45, 2.75) is 39.3 Å². The van der Waals surface area contributed by atoms with Crippen LogP contribution in [0.15, 0.2) is 24.3 Å². The molecule has 1 aliphatic heterocycles. The van der Waals surface area contributed by atoms with E-state index in [-0.39, 0.29) is 6.09 Å². The van der Waals surface area contributed by atoms with Crippen LogP contribution < -0.4 is 0 Å². The van der Waals surface area contributed by atoms with E-state index in [4.69, 9.17) is 4.74 Å². The molecular formula is C18H23NO4. The van der Waals surface area contributed by atoms with E-state index >= 15 is 0 Å². The molecule has 1 amide bonds. The molecule has 1 heterocycles. The lowest BCUT2D eigenvalue weighted by Crippen LogP contribution is -2.39. The fourth-order valence-corrected chi connectivity index (χ4v) is 2.40. The minimum atomic E-state index is -0.498. The summed E-state index contributed by atoms with van der Waals surface area (Å²) >= 11 is 0. The Labute approximate surface area is 136 Å². The summed E-state index contributed by atoms with van der Waals surface area (Å²) in [4.78, 5) is 25.1. The summed E-state index contributed by atoms with van der Waals surface area (Å²) in [5, 5.41) is 0. The predicted octanol–water partition coefficient (Wildman–Crippen LogP) is 3.17. The molecule has 2 rings (SSSR count). The van der Waals surface area contributed by atoms with Crippen molar-refractivity contribution < 1.29 is 19.1 Å². The Kier molecular flexibility index (Phi) is 5.08. The SMILES string of the molecule is COC(=O)C=Cc1ccc2c(c1)CN(C(=O)OC(C)(C)C)CC2. The van der Waals surface area contributed by atoms with Gasteiger partial charge in [0.1, 0.15) is 5.60 Å². The molecule has 0 bridgehead atoms. The summed E-state index contributed by atoms with van der Waals surface area (Å²) in [5.41, 5.74) is 2.71. The van der Waals surface area contributed by atoms with Crippen LogP contribution in [0.4, 0.5) is 4.79 Å². The van der Waals surface area contributed by atoms with Crippen molar-refractivity contribution in [1.82, 2.24) is 4.90 Å². The van der Waals surface area contributed by atoms with Crippen LogP contribution in [0.3, 0.4) is 0 Å². The third-order valence-corrected chi connectivity index (χ3v) is 3.51. The summed E-state index contributed by atoms with van der Waals surface area (Å²) < 4.78 is 10.0. The zero-order valence-electron chi connectivity index (χ0n) is 14.1. The maximum absolute atomic E-state index is 12.2. The number of carbonyl (C=O) groups excluding carboxylic acids is 2. The van der Waals surface area contributed by atoms with E-state index in [1.54, 1.807) is 11.0 Å². The number of fused-ring (bicyclic) bond motifs is 1. The number of rotatable bonds is 2. The van der Waals surface area contributed by atoms with Gasteiger partial charge in [0.15, 0.2) is 0 Å². The monoisotopic (exact) mass is 317 g/mol.